The van der Waals surface area contributed by atoms with Crippen molar-refractivity contribution < 1.29 is 4.74 Å². The Kier molecular flexibility index (Phi) is 3.46. The van der Waals surface area contributed by atoms with Gasteiger partial charge in [-0.25, -0.2) is 4.98 Å². The van der Waals surface area contributed by atoms with Crippen LogP contribution in [0.4, 0.5) is 5.82 Å². The van der Waals surface area contributed by atoms with Crippen molar-refractivity contribution in [2.75, 3.05) is 5.73 Å². The van der Waals surface area contributed by atoms with Crippen LogP contribution in [0.2, 0.25) is 0 Å². The fourth-order valence-electron chi connectivity index (χ4n) is 3.57. The predicted molar refractivity (Wildman–Crippen MR) is 102 cm³/mol. The number of nitrogens with zero attached hydrogens (tertiary/aromatic N) is 5. The van der Waals surface area contributed by atoms with E-state index >= 15 is 0 Å². The van der Waals surface area contributed by atoms with Gasteiger partial charge in [0.15, 0.2) is 11.6 Å². The summed E-state index contributed by atoms with van der Waals surface area (Å²) in [5, 5.41) is 8.98. The van der Waals surface area contributed by atoms with Gasteiger partial charge in [-0.2, -0.15) is 10.2 Å². The largest absolute Gasteiger partial charge is 0.485 e. The minimum Gasteiger partial charge on any atom is -0.485 e. The van der Waals surface area contributed by atoms with Gasteiger partial charge < -0.3 is 10.5 Å². The molecule has 27 heavy (non-hydrogen) atoms. The van der Waals surface area contributed by atoms with Crippen molar-refractivity contribution in [3.05, 3.63) is 66.1 Å². The van der Waals surface area contributed by atoms with Gasteiger partial charge in [-0.3, -0.25) is 9.36 Å². The molecule has 5 rings (SSSR count). The van der Waals surface area contributed by atoms with Crippen molar-refractivity contribution >= 4 is 5.82 Å². The number of aryl methyl sites for hydroxylation is 1. The smallest absolute Gasteiger partial charge is 0.166 e. The molecule has 0 amide bonds. The summed E-state index contributed by atoms with van der Waals surface area (Å²) in [7, 11) is 1.92. The molecule has 0 radical (unpaired) electrons. The van der Waals surface area contributed by atoms with Crippen molar-refractivity contribution in [1.82, 2.24) is 24.5 Å². The number of pyridine rings is 1. The fraction of sp³-hybridized carbons (Fsp3) is 0.150. The first kappa shape index (κ1) is 15.6. The van der Waals surface area contributed by atoms with Crippen LogP contribution in [0.3, 0.4) is 0 Å². The molecule has 7 heteroatoms. The summed E-state index contributed by atoms with van der Waals surface area (Å²) in [4.78, 5) is 4.33. The highest BCUT2D eigenvalue weighted by molar-refractivity contribution is 5.68. The van der Waals surface area contributed by atoms with Gasteiger partial charge >= 0.3 is 0 Å². The van der Waals surface area contributed by atoms with Crippen LogP contribution in [0.25, 0.3) is 22.5 Å². The first-order valence-corrected chi connectivity index (χ1v) is 8.70. The number of rotatable bonds is 0. The van der Waals surface area contributed by atoms with Gasteiger partial charge in [0.25, 0.3) is 0 Å². The van der Waals surface area contributed by atoms with Gasteiger partial charge in [0.2, 0.25) is 0 Å². The molecule has 7 nitrogen and oxygen atoms in total. The summed E-state index contributed by atoms with van der Waals surface area (Å²) in [6.45, 7) is 1.01. The third-order valence-electron chi connectivity index (χ3n) is 4.88. The Bertz CT molecular complexity index is 1140. The Labute approximate surface area is 156 Å². The lowest BCUT2D eigenvalue weighted by Gasteiger charge is -2.16. The molecular weight excluding hydrogens is 340 g/mol. The highest BCUT2D eigenvalue weighted by Gasteiger charge is 2.18. The summed E-state index contributed by atoms with van der Waals surface area (Å²) in [5.74, 6) is 0.950. The van der Waals surface area contributed by atoms with E-state index < -0.39 is 0 Å². The molecule has 2 bridgehead atoms. The molecular formula is C20H18N6O. The van der Waals surface area contributed by atoms with Crippen molar-refractivity contribution in [2.45, 2.75) is 13.2 Å². The molecule has 0 unspecified atom stereocenters. The second-order valence-corrected chi connectivity index (χ2v) is 6.57. The van der Waals surface area contributed by atoms with E-state index in [1.807, 2.05) is 53.1 Å². The van der Waals surface area contributed by atoms with Crippen LogP contribution in [-0.4, -0.2) is 24.5 Å². The van der Waals surface area contributed by atoms with Crippen LogP contribution < -0.4 is 10.5 Å². The quantitative estimate of drug-likeness (QED) is 0.522. The average molecular weight is 358 g/mol. The van der Waals surface area contributed by atoms with Crippen LogP contribution in [0.15, 0.2) is 55.0 Å². The zero-order valence-corrected chi connectivity index (χ0v) is 14.8. The highest BCUT2D eigenvalue weighted by atomic mass is 16.5. The van der Waals surface area contributed by atoms with Crippen LogP contribution in [-0.2, 0) is 20.2 Å². The third-order valence-corrected chi connectivity index (χ3v) is 4.88. The standard InChI is InChI=1S/C20H18N6O/c1-25-19-14-8-18(20(21)22-9-14)27-12-13-4-2-3-5-16(13)17-6-7-23-26(17)11-15(19)10-24-25/h2-10H,11-12H2,1H3,(H2,21,22). The zero-order chi connectivity index (χ0) is 18.4. The van der Waals surface area contributed by atoms with Crippen LogP contribution in [0.5, 0.6) is 5.75 Å². The van der Waals surface area contributed by atoms with E-state index in [-0.39, 0.29) is 0 Å². The third kappa shape index (κ3) is 2.55. The molecule has 1 aliphatic heterocycles. The summed E-state index contributed by atoms with van der Waals surface area (Å²) >= 11 is 0. The Hall–Kier alpha value is -3.61. The van der Waals surface area contributed by atoms with Crippen LogP contribution in [0, 0.1) is 0 Å². The molecule has 4 heterocycles. The van der Waals surface area contributed by atoms with Crippen LogP contribution in [0.1, 0.15) is 11.1 Å². The number of hydrogen-bond donors (Lipinski definition) is 1. The van der Waals surface area contributed by atoms with Gasteiger partial charge in [0.05, 0.1) is 24.1 Å². The molecule has 1 aromatic carbocycles. The maximum absolute atomic E-state index is 6.06. The normalized spacial score (nSPS) is 12.8. The molecule has 0 fully saturated rings. The van der Waals surface area contributed by atoms with Crippen LogP contribution >= 0.6 is 0 Å². The molecule has 0 saturated heterocycles. The summed E-state index contributed by atoms with van der Waals surface area (Å²) < 4.78 is 9.89. The van der Waals surface area contributed by atoms with Gasteiger partial charge in [0, 0.05) is 36.1 Å². The number of anilines is 1. The molecule has 3 aromatic heterocycles. The molecule has 1 aliphatic rings. The van der Waals surface area contributed by atoms with E-state index in [2.05, 4.69) is 27.3 Å². The Morgan fingerprint density at radius 1 is 1.07 bits per heavy atom. The fourth-order valence-corrected chi connectivity index (χ4v) is 3.57. The summed E-state index contributed by atoms with van der Waals surface area (Å²) in [5.41, 5.74) is 12.2. The number of fused-ring (bicyclic) bond motifs is 7. The van der Waals surface area contributed by atoms with Gasteiger partial charge in [0.1, 0.15) is 6.61 Å². The van der Waals surface area contributed by atoms with Crippen molar-refractivity contribution in [3.8, 4) is 28.3 Å². The lowest BCUT2D eigenvalue weighted by molar-refractivity contribution is 0.307. The van der Waals surface area contributed by atoms with Crippen molar-refractivity contribution in [1.29, 1.82) is 0 Å². The van der Waals surface area contributed by atoms with Gasteiger partial charge in [-0.05, 0) is 17.7 Å². The summed E-state index contributed by atoms with van der Waals surface area (Å²) in [6, 6.07) is 12.1. The molecule has 4 aromatic rings. The lowest BCUT2D eigenvalue weighted by atomic mass is 10.0. The minimum absolute atomic E-state index is 0.377. The maximum Gasteiger partial charge on any atom is 0.166 e. The lowest BCUT2D eigenvalue weighted by Crippen LogP contribution is -2.09. The zero-order valence-electron chi connectivity index (χ0n) is 14.8. The maximum atomic E-state index is 6.06. The molecule has 0 saturated carbocycles. The Morgan fingerprint density at radius 2 is 1.96 bits per heavy atom. The number of benzene rings is 1. The number of aromatic nitrogens is 5. The van der Waals surface area contributed by atoms with E-state index in [4.69, 9.17) is 10.5 Å². The van der Waals surface area contributed by atoms with E-state index in [0.717, 1.165) is 33.6 Å². The molecule has 0 spiro atoms. The van der Waals surface area contributed by atoms with E-state index in [0.29, 0.717) is 24.7 Å². The highest BCUT2D eigenvalue weighted by Crippen LogP contribution is 2.32. The molecule has 2 N–H and O–H groups in total. The van der Waals surface area contributed by atoms with E-state index in [1.165, 1.54) is 0 Å². The minimum atomic E-state index is 0.377. The first-order chi connectivity index (χ1) is 13.2. The summed E-state index contributed by atoms with van der Waals surface area (Å²) in [6.07, 6.45) is 5.45. The number of hydrogen-bond acceptors (Lipinski definition) is 5. The Balaban J connectivity index is 1.76. The predicted octanol–water partition coefficient (Wildman–Crippen LogP) is 2.87. The SMILES string of the molecule is Cn1ncc2c1-c1cnc(N)c(c1)OCc1ccccc1-c1ccnn1C2. The van der Waals surface area contributed by atoms with E-state index in [9.17, 15) is 0 Å². The van der Waals surface area contributed by atoms with E-state index in [1.54, 1.807) is 6.20 Å². The van der Waals surface area contributed by atoms with Gasteiger partial charge in [-0.1, -0.05) is 24.3 Å². The second kappa shape index (κ2) is 5.98. The average Bonchev–Trinajstić information content (AvgIpc) is 3.28. The molecule has 0 atom stereocenters. The van der Waals surface area contributed by atoms with Crippen molar-refractivity contribution in [3.63, 3.8) is 0 Å². The first-order valence-electron chi connectivity index (χ1n) is 8.70. The number of ether oxygens (including phenoxy) is 1. The monoisotopic (exact) mass is 358 g/mol. The number of nitrogens with two attached hydrogens (primary N) is 1. The van der Waals surface area contributed by atoms with Crippen molar-refractivity contribution in [2.24, 2.45) is 7.05 Å². The molecule has 134 valence electrons. The van der Waals surface area contributed by atoms with Gasteiger partial charge in [-0.15, -0.1) is 0 Å². The second-order valence-electron chi connectivity index (χ2n) is 6.57. The number of nitrogen functional groups attached to an aromatic ring is 1. The topological polar surface area (TPSA) is 83.8 Å². The Morgan fingerprint density at radius 3 is 2.89 bits per heavy atom. The molecule has 0 aliphatic carbocycles.